The molecule has 0 unspecified atom stereocenters. The van der Waals surface area contributed by atoms with Gasteiger partial charge in [-0.15, -0.1) is 0 Å². The summed E-state index contributed by atoms with van der Waals surface area (Å²) in [5.41, 5.74) is 12.0. The van der Waals surface area contributed by atoms with Gasteiger partial charge in [0.1, 0.15) is 0 Å². The zero-order valence-corrected chi connectivity index (χ0v) is 30.5. The first-order valence-corrected chi connectivity index (χ1v) is 19.4. The van der Waals surface area contributed by atoms with Crippen molar-refractivity contribution >= 4 is 75.9 Å². The quantitative estimate of drug-likeness (QED) is 0.161. The molecule has 10 aromatic carbocycles. The monoisotopic (exact) mass is 710 g/mol. The van der Waals surface area contributed by atoms with Crippen LogP contribution in [-0.4, -0.2) is 9.13 Å². The number of rotatable bonds is 4. The molecule has 0 radical (unpaired) electrons. The Kier molecular flexibility index (Phi) is 6.66. The van der Waals surface area contributed by atoms with Gasteiger partial charge in [0.05, 0.1) is 22.1 Å². The maximum Gasteiger partial charge on any atom is 0.0641 e. The van der Waals surface area contributed by atoms with Crippen LogP contribution >= 0.6 is 0 Å². The van der Waals surface area contributed by atoms with E-state index in [2.05, 4.69) is 215 Å². The van der Waals surface area contributed by atoms with Crippen LogP contribution in [0.4, 0.5) is 0 Å². The van der Waals surface area contributed by atoms with Gasteiger partial charge in [-0.2, -0.15) is 0 Å². The molecule has 0 amide bonds. The van der Waals surface area contributed by atoms with Crippen LogP contribution in [-0.2, 0) is 0 Å². The molecule has 2 nitrogen and oxygen atoms in total. The van der Waals surface area contributed by atoms with E-state index in [-0.39, 0.29) is 0 Å². The van der Waals surface area contributed by atoms with Crippen LogP contribution in [0.2, 0.25) is 0 Å². The summed E-state index contributed by atoms with van der Waals surface area (Å²) >= 11 is 0. The second-order valence-electron chi connectivity index (χ2n) is 14.9. The molecule has 2 heterocycles. The Bertz CT molecular complexity index is 3480. The largest absolute Gasteiger partial charge is 0.309 e. The van der Waals surface area contributed by atoms with Crippen molar-refractivity contribution in [2.24, 2.45) is 0 Å². The lowest BCUT2D eigenvalue weighted by molar-refractivity contribution is 1.17. The molecule has 0 aliphatic rings. The van der Waals surface area contributed by atoms with Gasteiger partial charge in [-0.05, 0) is 103 Å². The average molecular weight is 711 g/mol. The third-order valence-corrected chi connectivity index (χ3v) is 11.9. The lowest BCUT2D eigenvalue weighted by Crippen LogP contribution is -1.96. The van der Waals surface area contributed by atoms with E-state index in [1.807, 2.05) is 0 Å². The molecule has 0 aliphatic carbocycles. The molecular weight excluding hydrogens is 677 g/mol. The minimum Gasteiger partial charge on any atom is -0.309 e. The first-order valence-electron chi connectivity index (χ1n) is 19.4. The summed E-state index contributed by atoms with van der Waals surface area (Å²) in [5, 5.41) is 12.8. The van der Waals surface area contributed by atoms with Crippen molar-refractivity contribution in [1.29, 1.82) is 0 Å². The SMILES string of the molecule is c1ccc(-c2cccc(-n3c4ccccc4c4ccc5c(c6ccccc6n5-c5ccc(-c6ccc7c8ccccc8c8ccccc8c7c6)cc5)c43)c2)cc1. The summed E-state index contributed by atoms with van der Waals surface area (Å²) in [6, 6.07) is 75.7. The van der Waals surface area contributed by atoms with Crippen molar-refractivity contribution < 1.29 is 0 Å². The molecule has 56 heavy (non-hydrogen) atoms. The maximum absolute atomic E-state index is 2.48. The molecule has 0 bridgehead atoms. The third-order valence-electron chi connectivity index (χ3n) is 11.9. The summed E-state index contributed by atoms with van der Waals surface area (Å²) in [4.78, 5) is 0. The molecule has 12 rings (SSSR count). The molecular formula is C54H34N2. The van der Waals surface area contributed by atoms with Crippen molar-refractivity contribution in [3.8, 4) is 33.6 Å². The molecule has 260 valence electrons. The summed E-state index contributed by atoms with van der Waals surface area (Å²) < 4.78 is 4.92. The van der Waals surface area contributed by atoms with E-state index in [0.29, 0.717) is 0 Å². The number of benzene rings is 10. The van der Waals surface area contributed by atoms with E-state index in [1.165, 1.54) is 98.2 Å². The van der Waals surface area contributed by atoms with Gasteiger partial charge in [0, 0.05) is 32.9 Å². The number of hydrogen-bond acceptors (Lipinski definition) is 0. The second-order valence-corrected chi connectivity index (χ2v) is 14.9. The average Bonchev–Trinajstić information content (AvgIpc) is 3.80. The van der Waals surface area contributed by atoms with Crippen LogP contribution < -0.4 is 0 Å². The zero-order valence-electron chi connectivity index (χ0n) is 30.5. The van der Waals surface area contributed by atoms with Gasteiger partial charge in [0.25, 0.3) is 0 Å². The number of fused-ring (bicyclic) bond motifs is 13. The van der Waals surface area contributed by atoms with Crippen LogP contribution in [0.3, 0.4) is 0 Å². The zero-order chi connectivity index (χ0) is 36.7. The Morgan fingerprint density at radius 1 is 0.232 bits per heavy atom. The first kappa shape index (κ1) is 31.0. The Morgan fingerprint density at radius 2 is 0.732 bits per heavy atom. The molecule has 0 fully saturated rings. The number of hydrogen-bond donors (Lipinski definition) is 0. The molecule has 2 heteroatoms. The Morgan fingerprint density at radius 3 is 1.45 bits per heavy atom. The number of aromatic nitrogens is 2. The minimum absolute atomic E-state index is 1.14. The van der Waals surface area contributed by atoms with E-state index in [0.717, 1.165) is 11.4 Å². The minimum atomic E-state index is 1.14. The lowest BCUT2D eigenvalue weighted by atomic mass is 9.92. The maximum atomic E-state index is 2.48. The van der Waals surface area contributed by atoms with Crippen molar-refractivity contribution in [2.45, 2.75) is 0 Å². The molecule has 0 spiro atoms. The molecule has 12 aromatic rings. The van der Waals surface area contributed by atoms with E-state index in [4.69, 9.17) is 0 Å². The van der Waals surface area contributed by atoms with Crippen LogP contribution in [0.25, 0.3) is 110 Å². The van der Waals surface area contributed by atoms with E-state index in [1.54, 1.807) is 0 Å². The van der Waals surface area contributed by atoms with Crippen molar-refractivity contribution in [3.63, 3.8) is 0 Å². The van der Waals surface area contributed by atoms with Gasteiger partial charge in [0.15, 0.2) is 0 Å². The lowest BCUT2D eigenvalue weighted by Gasteiger charge is -2.13. The molecule has 0 atom stereocenters. The summed E-state index contributed by atoms with van der Waals surface area (Å²) in [5.74, 6) is 0. The molecule has 2 aromatic heterocycles. The van der Waals surface area contributed by atoms with Gasteiger partial charge in [-0.25, -0.2) is 0 Å². The molecule has 0 N–H and O–H groups in total. The topological polar surface area (TPSA) is 9.86 Å². The summed E-state index contributed by atoms with van der Waals surface area (Å²) in [6.45, 7) is 0. The van der Waals surface area contributed by atoms with Gasteiger partial charge in [-0.3, -0.25) is 0 Å². The van der Waals surface area contributed by atoms with E-state index < -0.39 is 0 Å². The molecule has 0 saturated heterocycles. The highest BCUT2D eigenvalue weighted by molar-refractivity contribution is 6.27. The third kappa shape index (κ3) is 4.50. The second kappa shape index (κ2) is 12.0. The van der Waals surface area contributed by atoms with Gasteiger partial charge < -0.3 is 9.13 Å². The predicted octanol–water partition coefficient (Wildman–Crippen LogP) is 14.7. The van der Waals surface area contributed by atoms with Crippen molar-refractivity contribution in [3.05, 3.63) is 206 Å². The smallest absolute Gasteiger partial charge is 0.0641 e. The van der Waals surface area contributed by atoms with Gasteiger partial charge >= 0.3 is 0 Å². The fourth-order valence-corrected chi connectivity index (χ4v) is 9.40. The van der Waals surface area contributed by atoms with Crippen LogP contribution in [0, 0.1) is 0 Å². The number of para-hydroxylation sites is 2. The summed E-state index contributed by atoms with van der Waals surface area (Å²) in [6.07, 6.45) is 0. The van der Waals surface area contributed by atoms with E-state index in [9.17, 15) is 0 Å². The Balaban J connectivity index is 1.06. The van der Waals surface area contributed by atoms with Gasteiger partial charge in [-0.1, -0.05) is 158 Å². The standard InChI is InChI=1S/C54H34N2/c1-2-13-35(14-3-1)37-15-12-16-40(33-37)56-50-23-10-8-21-46(50)47-31-32-52-53(54(47)56)48-22-9-11-24-51(48)55(52)39-28-25-36(26-29-39)38-27-30-45-43-19-5-4-17-41(43)42-18-6-7-20-44(42)49(45)34-38/h1-34H. The fourth-order valence-electron chi connectivity index (χ4n) is 9.40. The fraction of sp³-hybridized carbons (Fsp3) is 0. The normalized spacial score (nSPS) is 11.9. The first-order chi connectivity index (χ1) is 27.8. The Labute approximate surface area is 323 Å². The predicted molar refractivity (Wildman–Crippen MR) is 239 cm³/mol. The van der Waals surface area contributed by atoms with Crippen molar-refractivity contribution in [1.82, 2.24) is 9.13 Å². The van der Waals surface area contributed by atoms with Crippen molar-refractivity contribution in [2.75, 3.05) is 0 Å². The highest BCUT2D eigenvalue weighted by atomic mass is 15.0. The van der Waals surface area contributed by atoms with Crippen LogP contribution in [0.15, 0.2) is 206 Å². The number of nitrogens with zero attached hydrogens (tertiary/aromatic N) is 2. The summed E-state index contributed by atoms with van der Waals surface area (Å²) in [7, 11) is 0. The highest BCUT2D eigenvalue weighted by Crippen LogP contribution is 2.43. The van der Waals surface area contributed by atoms with E-state index >= 15 is 0 Å². The highest BCUT2D eigenvalue weighted by Gasteiger charge is 2.21. The van der Waals surface area contributed by atoms with Crippen LogP contribution in [0.5, 0.6) is 0 Å². The molecule has 0 saturated carbocycles. The van der Waals surface area contributed by atoms with Gasteiger partial charge in [0.2, 0.25) is 0 Å². The Hall–Kier alpha value is -7.42. The molecule has 0 aliphatic heterocycles. The van der Waals surface area contributed by atoms with Crippen LogP contribution in [0.1, 0.15) is 0 Å².